The maximum atomic E-state index is 9.57. The summed E-state index contributed by atoms with van der Waals surface area (Å²) in [5, 5.41) is 9.57. The van der Waals surface area contributed by atoms with Crippen LogP contribution in [0.5, 0.6) is 0 Å². The van der Waals surface area contributed by atoms with Crippen LogP contribution in [0.25, 0.3) is 0 Å². The molecule has 0 saturated carbocycles. The second-order valence-corrected chi connectivity index (χ2v) is 9.81. The molecule has 3 heterocycles. The molecule has 2 aliphatic heterocycles. The normalized spacial score (nSPS) is 26.0. The van der Waals surface area contributed by atoms with Crippen LogP contribution in [0.4, 0.5) is 0 Å². The van der Waals surface area contributed by atoms with Crippen molar-refractivity contribution in [3.63, 3.8) is 0 Å². The van der Waals surface area contributed by atoms with Gasteiger partial charge >= 0.3 is 14.2 Å². The van der Waals surface area contributed by atoms with Gasteiger partial charge in [0, 0.05) is 10.2 Å². The highest BCUT2D eigenvalue weighted by Gasteiger charge is 2.55. The Morgan fingerprint density at radius 2 is 1.20 bits per heavy atom. The van der Waals surface area contributed by atoms with Gasteiger partial charge in [0.15, 0.2) is 0 Å². The van der Waals surface area contributed by atoms with Gasteiger partial charge in [0.25, 0.3) is 0 Å². The Labute approximate surface area is 154 Å². The van der Waals surface area contributed by atoms with Crippen molar-refractivity contribution in [2.45, 2.75) is 77.8 Å². The van der Waals surface area contributed by atoms with E-state index in [4.69, 9.17) is 18.6 Å². The molecule has 1 aromatic heterocycles. The summed E-state index contributed by atoms with van der Waals surface area (Å²) >= 11 is 1.37. The Hall–Kier alpha value is -0.840. The fourth-order valence-corrected chi connectivity index (χ4v) is 3.67. The first kappa shape index (κ1) is 18.9. The summed E-state index contributed by atoms with van der Waals surface area (Å²) in [7, 11) is -1.05. The van der Waals surface area contributed by atoms with Crippen molar-refractivity contribution in [3.8, 4) is 6.07 Å². The highest BCUT2D eigenvalue weighted by atomic mass is 32.1. The molecule has 0 aromatic carbocycles. The second kappa shape index (κ2) is 5.58. The molecule has 2 aliphatic rings. The van der Waals surface area contributed by atoms with Crippen molar-refractivity contribution in [2.75, 3.05) is 0 Å². The fourth-order valence-electron chi connectivity index (χ4n) is 2.73. The Bertz CT molecular complexity index is 703. The molecule has 0 unspecified atom stereocenters. The lowest BCUT2D eigenvalue weighted by Crippen LogP contribution is -2.41. The van der Waals surface area contributed by atoms with E-state index < -0.39 is 36.6 Å². The van der Waals surface area contributed by atoms with Crippen molar-refractivity contribution in [3.05, 3.63) is 10.9 Å². The summed E-state index contributed by atoms with van der Waals surface area (Å²) in [6, 6.07) is 4.18. The van der Waals surface area contributed by atoms with E-state index in [0.29, 0.717) is 4.88 Å². The van der Waals surface area contributed by atoms with E-state index in [9.17, 15) is 5.26 Å². The van der Waals surface area contributed by atoms with Gasteiger partial charge < -0.3 is 18.6 Å². The topological polar surface area (TPSA) is 60.7 Å². The van der Waals surface area contributed by atoms with Gasteiger partial charge in [0.1, 0.15) is 10.9 Å². The number of rotatable bonds is 2. The van der Waals surface area contributed by atoms with Crippen molar-refractivity contribution in [1.82, 2.24) is 0 Å². The molecule has 3 rings (SSSR count). The third-order valence-electron chi connectivity index (χ3n) is 5.87. The van der Waals surface area contributed by atoms with Crippen LogP contribution >= 0.6 is 11.3 Å². The van der Waals surface area contributed by atoms with Crippen LogP contribution in [0.3, 0.4) is 0 Å². The minimum Gasteiger partial charge on any atom is -0.399 e. The maximum absolute atomic E-state index is 9.57. The molecule has 0 aliphatic carbocycles. The van der Waals surface area contributed by atoms with Crippen molar-refractivity contribution >= 4 is 35.8 Å². The number of nitriles is 1. The number of hydrogen-bond acceptors (Lipinski definition) is 6. The van der Waals surface area contributed by atoms with E-state index >= 15 is 0 Å². The first-order valence-corrected chi connectivity index (χ1v) is 9.36. The van der Waals surface area contributed by atoms with E-state index in [2.05, 4.69) is 6.07 Å². The zero-order chi connectivity index (χ0) is 18.8. The molecular formula is C17H25B2NO4S. The van der Waals surface area contributed by atoms with E-state index in [0.717, 1.165) is 10.2 Å². The number of thiophene rings is 1. The smallest absolute Gasteiger partial charge is 0.399 e. The van der Waals surface area contributed by atoms with Gasteiger partial charge in [-0.2, -0.15) is 5.26 Å². The van der Waals surface area contributed by atoms with Gasteiger partial charge in [-0.15, -0.1) is 11.3 Å². The molecule has 5 nitrogen and oxygen atoms in total. The van der Waals surface area contributed by atoms with Crippen molar-refractivity contribution < 1.29 is 18.6 Å². The Balaban J connectivity index is 1.91. The molecule has 2 saturated heterocycles. The molecular weight excluding hydrogens is 336 g/mol. The molecule has 134 valence electrons. The van der Waals surface area contributed by atoms with Gasteiger partial charge in [0.2, 0.25) is 0 Å². The number of hydrogen-bond donors (Lipinski definition) is 0. The summed E-state index contributed by atoms with van der Waals surface area (Å²) in [5.41, 5.74) is -0.984. The lowest BCUT2D eigenvalue weighted by molar-refractivity contribution is 0.00578. The fraction of sp³-hybridized carbons (Fsp3) is 0.706. The zero-order valence-electron chi connectivity index (χ0n) is 16.2. The molecule has 0 radical (unpaired) electrons. The predicted molar refractivity (Wildman–Crippen MR) is 100 cm³/mol. The molecule has 0 amide bonds. The monoisotopic (exact) mass is 361 g/mol. The van der Waals surface area contributed by atoms with Gasteiger partial charge in [-0.1, -0.05) is 6.07 Å². The lowest BCUT2D eigenvalue weighted by atomic mass is 9.76. The first-order chi connectivity index (χ1) is 11.3. The predicted octanol–water partition coefficient (Wildman–Crippen LogP) is 2.22. The molecule has 0 bridgehead atoms. The van der Waals surface area contributed by atoms with Crippen LogP contribution in [-0.4, -0.2) is 36.6 Å². The van der Waals surface area contributed by atoms with Crippen molar-refractivity contribution in [2.24, 2.45) is 0 Å². The highest BCUT2D eigenvalue weighted by Crippen LogP contribution is 2.38. The minimum atomic E-state index is -0.563. The van der Waals surface area contributed by atoms with Gasteiger partial charge in [-0.05, 0) is 55.4 Å². The average molecular weight is 361 g/mol. The van der Waals surface area contributed by atoms with Crippen LogP contribution in [0.2, 0.25) is 0 Å². The molecule has 1 aromatic rings. The van der Waals surface area contributed by atoms with E-state index in [-0.39, 0.29) is 0 Å². The van der Waals surface area contributed by atoms with E-state index in [1.807, 2.05) is 61.5 Å². The summed E-state index contributed by atoms with van der Waals surface area (Å²) in [6.45, 7) is 16.1. The zero-order valence-corrected chi connectivity index (χ0v) is 17.0. The summed E-state index contributed by atoms with van der Waals surface area (Å²) in [5.74, 6) is 0. The van der Waals surface area contributed by atoms with Crippen LogP contribution < -0.4 is 10.2 Å². The van der Waals surface area contributed by atoms with E-state index in [1.165, 1.54) is 11.3 Å². The van der Waals surface area contributed by atoms with Gasteiger partial charge in [-0.3, -0.25) is 0 Å². The number of nitrogens with zero attached hydrogens (tertiary/aromatic N) is 1. The van der Waals surface area contributed by atoms with Crippen LogP contribution in [0.1, 0.15) is 60.3 Å². The Morgan fingerprint density at radius 1 is 0.800 bits per heavy atom. The largest absolute Gasteiger partial charge is 0.505 e. The molecule has 8 heteroatoms. The van der Waals surface area contributed by atoms with Gasteiger partial charge in [-0.25, -0.2) is 0 Å². The molecule has 2 fully saturated rings. The average Bonchev–Trinajstić information content (AvgIpc) is 3.02. The molecule has 0 spiro atoms. The summed E-state index contributed by atoms with van der Waals surface area (Å²) < 4.78 is 25.3. The first-order valence-electron chi connectivity index (χ1n) is 8.55. The van der Waals surface area contributed by atoms with Crippen molar-refractivity contribution in [1.29, 1.82) is 5.26 Å². The van der Waals surface area contributed by atoms with Gasteiger partial charge in [0.05, 0.1) is 22.4 Å². The third-order valence-corrected chi connectivity index (χ3v) is 6.95. The standard InChI is InChI=1S/C17H25B2NO4S/c1-14(2)15(3,4)22-18(21-14)11-9-13(25-12(11)10-20)19-23-16(5,6)17(7,8)24-19/h9H,1-8H3. The highest BCUT2D eigenvalue weighted by molar-refractivity contribution is 7.24. The van der Waals surface area contributed by atoms with Crippen LogP contribution in [-0.2, 0) is 18.6 Å². The second-order valence-electron chi connectivity index (χ2n) is 8.72. The molecule has 0 N–H and O–H groups in total. The Morgan fingerprint density at radius 3 is 1.60 bits per heavy atom. The summed E-state index contributed by atoms with van der Waals surface area (Å²) in [4.78, 5) is 0.572. The Kier molecular flexibility index (Phi) is 4.22. The quantitative estimate of drug-likeness (QED) is 0.756. The lowest BCUT2D eigenvalue weighted by Gasteiger charge is -2.32. The third kappa shape index (κ3) is 2.96. The SMILES string of the molecule is CC1(C)OB(c2cc(B3OC(C)(C)C(C)(C)O3)c(C#N)s2)OC1(C)C. The molecule has 25 heavy (non-hydrogen) atoms. The summed E-state index contributed by atoms with van der Waals surface area (Å²) in [6.07, 6.45) is 0. The van der Waals surface area contributed by atoms with Crippen LogP contribution in [0.15, 0.2) is 6.07 Å². The minimum absolute atomic E-state index is 0.418. The van der Waals surface area contributed by atoms with E-state index in [1.54, 1.807) is 0 Å². The maximum Gasteiger partial charge on any atom is 0.505 e. The van der Waals surface area contributed by atoms with Crippen LogP contribution in [0, 0.1) is 11.3 Å². The molecule has 0 atom stereocenters.